The standard InChI is InChI=1S/C11H10.C4H9FO/c1-9-5-4-7-10-6-2-3-8-11(9)10;1-2-3-4-6-5/h2-8H,1H3;2-4H2,1H3. The Bertz CT molecular complexity index is 430. The molecule has 0 aromatic heterocycles. The molecule has 0 unspecified atom stereocenters. The number of benzene rings is 2. The lowest BCUT2D eigenvalue weighted by Gasteiger charge is -1.98. The van der Waals surface area contributed by atoms with Crippen molar-refractivity contribution in [2.45, 2.75) is 26.7 Å². The van der Waals surface area contributed by atoms with Crippen molar-refractivity contribution < 1.29 is 9.47 Å². The Labute approximate surface area is 102 Å². The van der Waals surface area contributed by atoms with Crippen molar-refractivity contribution in [1.29, 1.82) is 0 Å². The van der Waals surface area contributed by atoms with E-state index in [1.54, 1.807) is 0 Å². The summed E-state index contributed by atoms with van der Waals surface area (Å²) in [4.78, 5) is 3.28. The fraction of sp³-hybridized carbons (Fsp3) is 0.333. The minimum atomic E-state index is 0.247. The van der Waals surface area contributed by atoms with E-state index >= 15 is 0 Å². The highest BCUT2D eigenvalue weighted by Gasteiger charge is 1.92. The van der Waals surface area contributed by atoms with Gasteiger partial charge in [-0.3, -0.25) is 0 Å². The second kappa shape index (κ2) is 7.80. The summed E-state index contributed by atoms with van der Waals surface area (Å²) in [5, 5.41) is 2.68. The normalized spacial score (nSPS) is 9.82. The summed E-state index contributed by atoms with van der Waals surface area (Å²) in [6.45, 7) is 4.37. The van der Waals surface area contributed by atoms with Gasteiger partial charge in [-0.15, -0.1) is 0 Å². The zero-order chi connectivity index (χ0) is 12.5. The maximum absolute atomic E-state index is 10.7. The first-order chi connectivity index (χ1) is 8.29. The topological polar surface area (TPSA) is 9.23 Å². The third-order valence-electron chi connectivity index (χ3n) is 2.58. The van der Waals surface area contributed by atoms with E-state index in [4.69, 9.17) is 0 Å². The van der Waals surface area contributed by atoms with Gasteiger partial charge < -0.3 is 0 Å². The van der Waals surface area contributed by atoms with Gasteiger partial charge in [0.05, 0.1) is 6.61 Å². The summed E-state index contributed by atoms with van der Waals surface area (Å²) in [5.41, 5.74) is 1.35. The van der Waals surface area contributed by atoms with Gasteiger partial charge in [0.15, 0.2) is 0 Å². The van der Waals surface area contributed by atoms with Crippen LogP contribution in [0.1, 0.15) is 25.3 Å². The average Bonchev–Trinajstić information content (AvgIpc) is 2.38. The molecule has 0 aliphatic heterocycles. The van der Waals surface area contributed by atoms with E-state index in [1.165, 1.54) is 16.3 Å². The Balaban J connectivity index is 0.000000209. The molecule has 17 heavy (non-hydrogen) atoms. The molecule has 0 atom stereocenters. The van der Waals surface area contributed by atoms with E-state index in [9.17, 15) is 4.53 Å². The van der Waals surface area contributed by atoms with Gasteiger partial charge in [0, 0.05) is 0 Å². The van der Waals surface area contributed by atoms with Crippen molar-refractivity contribution in [1.82, 2.24) is 0 Å². The van der Waals surface area contributed by atoms with Gasteiger partial charge in [-0.25, -0.2) is 0 Å². The zero-order valence-electron chi connectivity index (χ0n) is 10.4. The van der Waals surface area contributed by atoms with Crippen molar-refractivity contribution in [3.63, 3.8) is 0 Å². The quantitative estimate of drug-likeness (QED) is 0.691. The molecule has 92 valence electrons. The largest absolute Gasteiger partial charge is 0.194 e. The Morgan fingerprint density at radius 2 is 1.76 bits per heavy atom. The molecule has 2 aromatic carbocycles. The lowest BCUT2D eigenvalue weighted by molar-refractivity contribution is -0.132. The molecule has 0 saturated heterocycles. The van der Waals surface area contributed by atoms with Crippen LogP contribution in [0.4, 0.5) is 4.53 Å². The predicted octanol–water partition coefficient (Wildman–Crippen LogP) is 4.84. The lowest BCUT2D eigenvalue weighted by atomic mass is 10.1. The predicted molar refractivity (Wildman–Crippen MR) is 70.7 cm³/mol. The molecule has 0 aliphatic carbocycles. The minimum Gasteiger partial charge on any atom is -0.194 e. The second-order valence-corrected chi connectivity index (χ2v) is 3.96. The first kappa shape index (κ1) is 13.7. The Morgan fingerprint density at radius 1 is 1.06 bits per heavy atom. The van der Waals surface area contributed by atoms with Crippen molar-refractivity contribution in [3.05, 3.63) is 48.0 Å². The van der Waals surface area contributed by atoms with Crippen LogP contribution in [0.2, 0.25) is 0 Å². The van der Waals surface area contributed by atoms with Gasteiger partial charge in [-0.05, 0) is 34.2 Å². The average molecular weight is 234 g/mol. The summed E-state index contributed by atoms with van der Waals surface area (Å²) in [7, 11) is 0. The number of halogens is 1. The van der Waals surface area contributed by atoms with Crippen LogP contribution in [0.25, 0.3) is 10.8 Å². The van der Waals surface area contributed by atoms with Gasteiger partial charge >= 0.3 is 0 Å². The summed E-state index contributed by atoms with van der Waals surface area (Å²) in [6.07, 6.45) is 1.81. The van der Waals surface area contributed by atoms with E-state index in [2.05, 4.69) is 54.3 Å². The molecule has 0 bridgehead atoms. The molecular weight excluding hydrogens is 215 g/mol. The van der Waals surface area contributed by atoms with E-state index in [1.807, 2.05) is 6.92 Å². The molecule has 0 radical (unpaired) electrons. The lowest BCUT2D eigenvalue weighted by Crippen LogP contribution is -1.79. The molecule has 0 saturated carbocycles. The maximum atomic E-state index is 10.7. The maximum Gasteiger partial charge on any atom is 0.0876 e. The molecule has 1 nitrogen and oxygen atoms in total. The minimum absolute atomic E-state index is 0.247. The first-order valence-electron chi connectivity index (χ1n) is 5.97. The highest BCUT2D eigenvalue weighted by atomic mass is 19.3. The van der Waals surface area contributed by atoms with Crippen LogP contribution in [0.15, 0.2) is 42.5 Å². The molecule has 2 aromatic rings. The summed E-state index contributed by atoms with van der Waals surface area (Å²) < 4.78 is 10.7. The van der Waals surface area contributed by atoms with E-state index < -0.39 is 0 Å². The second-order valence-electron chi connectivity index (χ2n) is 3.96. The van der Waals surface area contributed by atoms with Crippen LogP contribution in [-0.4, -0.2) is 6.61 Å². The van der Waals surface area contributed by atoms with Gasteiger partial charge in [-0.2, -0.15) is 4.94 Å². The Hall–Kier alpha value is -1.41. The summed E-state index contributed by atoms with van der Waals surface area (Å²) in [6, 6.07) is 14.8. The highest BCUT2D eigenvalue weighted by Crippen LogP contribution is 2.16. The SMILES string of the molecule is CCCCOF.Cc1cccc2ccccc12. The fourth-order valence-electron chi connectivity index (χ4n) is 1.59. The number of rotatable bonds is 3. The van der Waals surface area contributed by atoms with E-state index in [0.717, 1.165) is 12.8 Å². The van der Waals surface area contributed by atoms with E-state index in [-0.39, 0.29) is 6.61 Å². The van der Waals surface area contributed by atoms with Gasteiger partial charge in [-0.1, -0.05) is 55.8 Å². The molecule has 0 heterocycles. The zero-order valence-corrected chi connectivity index (χ0v) is 10.4. The van der Waals surface area contributed by atoms with Gasteiger partial charge in [0.25, 0.3) is 0 Å². The van der Waals surface area contributed by atoms with Gasteiger partial charge in [0.1, 0.15) is 0 Å². The van der Waals surface area contributed by atoms with Crippen LogP contribution in [0.5, 0.6) is 0 Å². The van der Waals surface area contributed by atoms with Crippen LogP contribution >= 0.6 is 0 Å². The fourth-order valence-corrected chi connectivity index (χ4v) is 1.59. The van der Waals surface area contributed by atoms with Crippen molar-refractivity contribution in [3.8, 4) is 0 Å². The van der Waals surface area contributed by atoms with Crippen LogP contribution in [0.3, 0.4) is 0 Å². The number of fused-ring (bicyclic) bond motifs is 1. The third kappa shape index (κ3) is 4.53. The molecular formula is C15H19FO. The van der Waals surface area contributed by atoms with Crippen LogP contribution in [0, 0.1) is 6.92 Å². The molecule has 0 aliphatic rings. The number of unbranched alkanes of at least 4 members (excludes halogenated alkanes) is 1. The van der Waals surface area contributed by atoms with Crippen molar-refractivity contribution in [2.24, 2.45) is 0 Å². The van der Waals surface area contributed by atoms with Gasteiger partial charge in [0.2, 0.25) is 0 Å². The first-order valence-corrected chi connectivity index (χ1v) is 5.97. The number of aryl methyl sites for hydroxylation is 1. The molecule has 0 fully saturated rings. The van der Waals surface area contributed by atoms with E-state index in [0.29, 0.717) is 0 Å². The molecule has 2 rings (SSSR count). The van der Waals surface area contributed by atoms with Crippen molar-refractivity contribution >= 4 is 10.8 Å². The summed E-state index contributed by atoms with van der Waals surface area (Å²) in [5.74, 6) is 0. The third-order valence-corrected chi connectivity index (χ3v) is 2.58. The monoisotopic (exact) mass is 234 g/mol. The molecule has 0 amide bonds. The molecule has 2 heteroatoms. The molecule has 0 spiro atoms. The van der Waals surface area contributed by atoms with Crippen LogP contribution < -0.4 is 0 Å². The van der Waals surface area contributed by atoms with Crippen LogP contribution in [-0.2, 0) is 4.94 Å². The smallest absolute Gasteiger partial charge is 0.0876 e. The van der Waals surface area contributed by atoms with Crippen molar-refractivity contribution in [2.75, 3.05) is 6.61 Å². The summed E-state index contributed by atoms with van der Waals surface area (Å²) >= 11 is 0. The number of hydrogen-bond donors (Lipinski definition) is 0. The molecule has 0 N–H and O–H groups in total. The highest BCUT2D eigenvalue weighted by molar-refractivity contribution is 5.85. The Morgan fingerprint density at radius 3 is 2.35 bits per heavy atom. The number of hydrogen-bond acceptors (Lipinski definition) is 1. The Kier molecular flexibility index (Phi) is 6.26.